The van der Waals surface area contributed by atoms with E-state index in [0.29, 0.717) is 29.2 Å². The summed E-state index contributed by atoms with van der Waals surface area (Å²) in [7, 11) is 0. The van der Waals surface area contributed by atoms with Crippen molar-refractivity contribution >= 4 is 17.4 Å². The van der Waals surface area contributed by atoms with Crippen LogP contribution in [0.2, 0.25) is 5.02 Å². The molecule has 0 amide bonds. The third kappa shape index (κ3) is 5.41. The summed E-state index contributed by atoms with van der Waals surface area (Å²) >= 11 is 6.18. The summed E-state index contributed by atoms with van der Waals surface area (Å²) in [6, 6.07) is 17.3. The van der Waals surface area contributed by atoms with Crippen LogP contribution < -0.4 is 15.0 Å². The molecule has 1 aromatic carbocycles. The van der Waals surface area contributed by atoms with Crippen LogP contribution in [-0.2, 0) is 12.0 Å². The fourth-order valence-electron chi connectivity index (χ4n) is 7.40. The second-order valence-electron chi connectivity index (χ2n) is 11.7. The number of pyridine rings is 2. The van der Waals surface area contributed by atoms with Crippen molar-refractivity contribution < 1.29 is 4.74 Å². The predicted molar refractivity (Wildman–Crippen MR) is 163 cm³/mol. The molecule has 0 bridgehead atoms. The lowest BCUT2D eigenvalue weighted by atomic mass is 9.62. The fourth-order valence-corrected chi connectivity index (χ4v) is 7.56. The first-order valence-electron chi connectivity index (χ1n) is 15.0. The minimum atomic E-state index is -0.0123. The van der Waals surface area contributed by atoms with E-state index < -0.39 is 0 Å². The first-order chi connectivity index (χ1) is 20.0. The van der Waals surface area contributed by atoms with Gasteiger partial charge >= 0.3 is 0 Å². The van der Waals surface area contributed by atoms with E-state index in [1.165, 1.54) is 24.1 Å². The Morgan fingerprint density at radius 3 is 2.88 bits per heavy atom. The molecule has 0 saturated carbocycles. The molecule has 3 aliphatic heterocycles. The maximum atomic E-state index is 9.81. The van der Waals surface area contributed by atoms with Gasteiger partial charge in [-0.25, -0.2) is 4.98 Å². The summed E-state index contributed by atoms with van der Waals surface area (Å²) in [4.78, 5) is 14.9. The molecular formula is C33H39ClN6O. The molecule has 214 valence electrons. The molecule has 3 unspecified atom stereocenters. The number of halogens is 1. The molecule has 1 spiro atoms. The molecule has 8 heteroatoms. The Hall–Kier alpha value is -3.18. The summed E-state index contributed by atoms with van der Waals surface area (Å²) in [5, 5.41) is 14.0. The van der Waals surface area contributed by atoms with Crippen LogP contribution in [0.1, 0.15) is 56.4 Å². The molecule has 6 rings (SSSR count). The number of hydrogen-bond acceptors (Lipinski definition) is 7. The molecule has 3 aromatic rings. The number of anilines is 1. The lowest BCUT2D eigenvalue weighted by molar-refractivity contribution is 0.0966. The van der Waals surface area contributed by atoms with Gasteiger partial charge in [0.05, 0.1) is 28.6 Å². The van der Waals surface area contributed by atoms with Gasteiger partial charge in [0.2, 0.25) is 0 Å². The standard InChI is InChI=1S/C33H39ClN6O/c1-3-24-19-40(32-23(17-35)16-25(34)18-37-32)15-13-33(24)22-39(20-26-8-7-14-36-26)21-30-28(33)11-12-29(38-30)27-9-5-6-10-31(27)41-4-2/h5-6,9-12,16,18,24,26,36H,3-4,7-8,13-15,19-22H2,1-2H3. The average molecular weight is 571 g/mol. The summed E-state index contributed by atoms with van der Waals surface area (Å²) in [5.74, 6) is 2.01. The summed E-state index contributed by atoms with van der Waals surface area (Å²) < 4.78 is 5.97. The van der Waals surface area contributed by atoms with Gasteiger partial charge in [0.15, 0.2) is 0 Å². The number of rotatable bonds is 7. The Morgan fingerprint density at radius 2 is 2.10 bits per heavy atom. The van der Waals surface area contributed by atoms with Crippen molar-refractivity contribution in [2.24, 2.45) is 5.92 Å². The Bertz CT molecular complexity index is 1430. The van der Waals surface area contributed by atoms with Crippen LogP contribution >= 0.6 is 11.6 Å². The monoisotopic (exact) mass is 570 g/mol. The summed E-state index contributed by atoms with van der Waals surface area (Å²) in [6.45, 7) is 10.7. The second kappa shape index (κ2) is 12.0. The molecule has 7 nitrogen and oxygen atoms in total. The number of nitriles is 1. The Kier molecular flexibility index (Phi) is 8.16. The average Bonchev–Trinajstić information content (AvgIpc) is 3.50. The molecule has 0 radical (unpaired) electrons. The van der Waals surface area contributed by atoms with Crippen molar-refractivity contribution in [3.63, 3.8) is 0 Å². The number of aromatic nitrogens is 2. The van der Waals surface area contributed by atoms with Crippen LogP contribution in [0.4, 0.5) is 5.82 Å². The molecule has 5 heterocycles. The maximum absolute atomic E-state index is 9.81. The van der Waals surface area contributed by atoms with Crippen LogP contribution in [-0.4, -0.2) is 60.2 Å². The maximum Gasteiger partial charge on any atom is 0.146 e. The minimum absolute atomic E-state index is 0.0123. The van der Waals surface area contributed by atoms with E-state index in [1.54, 1.807) is 12.3 Å². The number of ether oxygens (including phenoxy) is 1. The van der Waals surface area contributed by atoms with Crippen molar-refractivity contribution in [2.75, 3.05) is 44.2 Å². The highest BCUT2D eigenvalue weighted by molar-refractivity contribution is 6.30. The van der Waals surface area contributed by atoms with E-state index >= 15 is 0 Å². The van der Waals surface area contributed by atoms with E-state index in [0.717, 1.165) is 74.9 Å². The number of fused-ring (bicyclic) bond motifs is 2. The molecule has 41 heavy (non-hydrogen) atoms. The SMILES string of the molecule is CCOc1ccccc1-c1ccc2c(n1)CN(CC1CCCN1)CC21CCN(c2ncc(Cl)cc2C#N)CC1CC. The summed E-state index contributed by atoms with van der Waals surface area (Å²) in [5.41, 5.74) is 5.12. The minimum Gasteiger partial charge on any atom is -0.493 e. The van der Waals surface area contributed by atoms with E-state index in [1.807, 2.05) is 19.1 Å². The molecule has 2 fully saturated rings. The number of benzene rings is 1. The molecule has 2 aromatic heterocycles. The van der Waals surface area contributed by atoms with Crippen LogP contribution in [0.15, 0.2) is 48.7 Å². The number of piperidine rings is 1. The third-order valence-corrected chi connectivity index (χ3v) is 9.50. The van der Waals surface area contributed by atoms with E-state index in [9.17, 15) is 5.26 Å². The van der Waals surface area contributed by atoms with Crippen molar-refractivity contribution in [2.45, 2.75) is 57.5 Å². The Balaban J connectivity index is 1.38. The normalized spacial score (nSPS) is 24.3. The Labute approximate surface area is 248 Å². The van der Waals surface area contributed by atoms with Gasteiger partial charge in [-0.1, -0.05) is 43.1 Å². The second-order valence-corrected chi connectivity index (χ2v) is 12.1. The van der Waals surface area contributed by atoms with Crippen molar-refractivity contribution in [1.82, 2.24) is 20.2 Å². The first kappa shape index (κ1) is 28.0. The van der Waals surface area contributed by atoms with Crippen LogP contribution in [0.3, 0.4) is 0 Å². The topological polar surface area (TPSA) is 77.3 Å². The molecule has 2 saturated heterocycles. The van der Waals surface area contributed by atoms with Gasteiger partial charge in [0.25, 0.3) is 0 Å². The zero-order valence-corrected chi connectivity index (χ0v) is 24.8. The number of hydrogen-bond donors (Lipinski definition) is 1. The largest absolute Gasteiger partial charge is 0.493 e. The van der Waals surface area contributed by atoms with Crippen molar-refractivity contribution in [3.8, 4) is 23.1 Å². The van der Waals surface area contributed by atoms with E-state index in [-0.39, 0.29) is 5.41 Å². The highest BCUT2D eigenvalue weighted by Gasteiger charge is 2.49. The molecule has 3 aliphatic rings. The van der Waals surface area contributed by atoms with Gasteiger partial charge in [-0.05, 0) is 68.5 Å². The molecule has 1 N–H and O–H groups in total. The fraction of sp³-hybridized carbons (Fsp3) is 0.485. The van der Waals surface area contributed by atoms with Gasteiger partial charge in [0, 0.05) is 55.9 Å². The van der Waals surface area contributed by atoms with Crippen LogP contribution in [0, 0.1) is 17.2 Å². The van der Waals surface area contributed by atoms with Crippen molar-refractivity contribution in [1.29, 1.82) is 5.26 Å². The van der Waals surface area contributed by atoms with Gasteiger partial charge in [-0.15, -0.1) is 0 Å². The van der Waals surface area contributed by atoms with Gasteiger partial charge in [-0.2, -0.15) is 5.26 Å². The highest BCUT2D eigenvalue weighted by atomic mass is 35.5. The summed E-state index contributed by atoms with van der Waals surface area (Å²) in [6.07, 6.45) is 6.16. The lowest BCUT2D eigenvalue weighted by Crippen LogP contribution is -2.58. The van der Waals surface area contributed by atoms with Crippen LogP contribution in [0.5, 0.6) is 5.75 Å². The lowest BCUT2D eigenvalue weighted by Gasteiger charge is -2.53. The molecule has 0 aliphatic carbocycles. The number of para-hydroxylation sites is 1. The quantitative estimate of drug-likeness (QED) is 0.384. The van der Waals surface area contributed by atoms with Crippen molar-refractivity contribution in [3.05, 3.63) is 70.5 Å². The van der Waals surface area contributed by atoms with Gasteiger partial charge in [0.1, 0.15) is 17.6 Å². The van der Waals surface area contributed by atoms with E-state index in [2.05, 4.69) is 57.4 Å². The van der Waals surface area contributed by atoms with Gasteiger partial charge in [-0.3, -0.25) is 9.88 Å². The Morgan fingerprint density at radius 1 is 1.22 bits per heavy atom. The zero-order valence-electron chi connectivity index (χ0n) is 24.1. The van der Waals surface area contributed by atoms with Gasteiger partial charge < -0.3 is 15.0 Å². The third-order valence-electron chi connectivity index (χ3n) is 9.29. The van der Waals surface area contributed by atoms with E-state index in [4.69, 9.17) is 21.3 Å². The predicted octanol–water partition coefficient (Wildman–Crippen LogP) is 5.81. The first-order valence-corrected chi connectivity index (χ1v) is 15.4. The number of nitrogens with one attached hydrogen (secondary N) is 1. The molecular weight excluding hydrogens is 532 g/mol. The highest BCUT2D eigenvalue weighted by Crippen LogP contribution is 2.47. The van der Waals surface area contributed by atoms with Crippen LogP contribution in [0.25, 0.3) is 11.3 Å². The molecule has 3 atom stereocenters. The number of nitrogens with zero attached hydrogens (tertiary/aromatic N) is 5. The zero-order chi connectivity index (χ0) is 28.4. The smallest absolute Gasteiger partial charge is 0.146 e.